The van der Waals surface area contributed by atoms with Crippen molar-refractivity contribution in [2.45, 2.75) is 644 Å². The van der Waals surface area contributed by atoms with Gasteiger partial charge in [0, 0.05) is 0 Å². The molecular weight excluding hydrogens is 1420 g/mol. The summed E-state index contributed by atoms with van der Waals surface area (Å²) < 4.78 is 0. The normalized spacial score (nSPS) is 11.1. The summed E-state index contributed by atoms with van der Waals surface area (Å²) in [4.78, 5) is 0. The predicted octanol–water partition coefficient (Wildman–Crippen LogP) is 45.9. The van der Waals surface area contributed by atoms with Crippen LogP contribution in [0, 0.1) is 11.8 Å². The maximum absolute atomic E-state index is 2.40. The highest BCUT2D eigenvalue weighted by molar-refractivity contribution is 5.06. The molecular formula is C118H236. The zero-order valence-corrected chi connectivity index (χ0v) is 88.6. The lowest BCUT2D eigenvalue weighted by molar-refractivity contribution is 0.529. The van der Waals surface area contributed by atoms with Crippen molar-refractivity contribution in [1.82, 2.24) is 0 Å². The van der Waals surface area contributed by atoms with Gasteiger partial charge < -0.3 is 0 Å². The van der Waals surface area contributed by atoms with E-state index in [0.717, 1.165) is 11.8 Å². The maximum atomic E-state index is 2.40. The monoisotopic (exact) mass is 1650 g/mol. The Hall–Kier alpha value is -2.34. The van der Waals surface area contributed by atoms with Gasteiger partial charge in [0.1, 0.15) is 0 Å². The van der Waals surface area contributed by atoms with Crippen molar-refractivity contribution in [1.29, 1.82) is 0 Å². The van der Waals surface area contributed by atoms with Gasteiger partial charge in [0.05, 0.1) is 0 Å². The minimum atomic E-state index is 0.830. The third-order valence-corrected chi connectivity index (χ3v) is 21.8. The summed E-state index contributed by atoms with van der Waals surface area (Å²) in [7, 11) is 0. The first kappa shape index (κ1) is 134. The van der Waals surface area contributed by atoms with Crippen molar-refractivity contribution in [2.75, 3.05) is 0 Å². The highest BCUT2D eigenvalue weighted by Gasteiger charge is 2.00. The Morgan fingerprint density at radius 3 is 0.424 bits per heavy atom. The van der Waals surface area contributed by atoms with Crippen molar-refractivity contribution in [3.8, 4) is 0 Å². The molecule has 0 aliphatic rings. The van der Waals surface area contributed by atoms with Crippen LogP contribution in [0.5, 0.6) is 0 Å². The van der Waals surface area contributed by atoms with E-state index in [1.54, 1.807) is 11.1 Å². The molecule has 0 heterocycles. The fourth-order valence-corrected chi connectivity index (χ4v) is 13.6. The molecule has 0 saturated heterocycles. The quantitative estimate of drug-likeness (QED) is 0.0421. The van der Waals surface area contributed by atoms with Gasteiger partial charge >= 0.3 is 0 Å². The van der Waals surface area contributed by atoms with Crippen LogP contribution in [0.2, 0.25) is 0 Å². The lowest BCUT2D eigenvalue weighted by atomic mass is 10.0. The third kappa shape index (κ3) is 168. The summed E-state index contributed by atoms with van der Waals surface area (Å²) in [6.07, 6.45) is 118. The van der Waals surface area contributed by atoms with Crippen LogP contribution in [0.25, 0.3) is 0 Å². The van der Waals surface area contributed by atoms with Crippen LogP contribution >= 0.6 is 0 Å². The van der Waals surface area contributed by atoms with Gasteiger partial charge in [-0.15, -0.1) is 0 Å². The fraction of sp³-hybridized carbons (Fsp3) is 0.847. The molecule has 0 N–H and O–H groups in total. The number of unbranched alkanes of at least 4 members (excludes halogenated alkanes) is 50. The van der Waals surface area contributed by atoms with Crippen LogP contribution in [-0.4, -0.2) is 0 Å². The molecule has 0 aliphatic carbocycles. The number of allylic oxidation sites excluding steroid dienone is 18. The zero-order valence-electron chi connectivity index (χ0n) is 88.6. The first-order valence-electron chi connectivity index (χ1n) is 53.6. The number of hydrogen-bond acceptors (Lipinski definition) is 0. The molecule has 0 saturated carbocycles. The summed E-state index contributed by atoms with van der Waals surface area (Å²) in [5.74, 6) is 1.68. The van der Waals surface area contributed by atoms with E-state index >= 15 is 0 Å². The lowest BCUT2D eigenvalue weighted by Gasteiger charge is -2.03. The maximum Gasteiger partial charge on any atom is -0.0288 e. The number of rotatable bonds is 71. The van der Waals surface area contributed by atoms with Crippen LogP contribution in [0.4, 0.5) is 0 Å². The minimum Gasteiger partial charge on any atom is -0.0862 e. The number of hydrogen-bond donors (Lipinski definition) is 0. The molecule has 0 radical (unpaired) electrons. The van der Waals surface area contributed by atoms with E-state index in [-0.39, 0.29) is 0 Å². The topological polar surface area (TPSA) is 0 Å². The molecule has 0 amide bonds. The molecule has 0 heteroatoms. The molecule has 0 rings (SSSR count). The Kier molecular flexibility index (Phi) is 142. The van der Waals surface area contributed by atoms with Gasteiger partial charge in [0.2, 0.25) is 0 Å². The van der Waals surface area contributed by atoms with Crippen LogP contribution in [0.3, 0.4) is 0 Å². The summed E-state index contributed by atoms with van der Waals surface area (Å²) in [5, 5.41) is 0. The Morgan fingerprint density at radius 2 is 0.288 bits per heavy atom. The Morgan fingerprint density at radius 1 is 0.153 bits per heavy atom. The molecule has 0 spiro atoms. The molecule has 0 bridgehead atoms. The van der Waals surface area contributed by atoms with Crippen molar-refractivity contribution in [2.24, 2.45) is 11.8 Å². The average Bonchev–Trinajstić information content (AvgIpc) is 1.01. The minimum absolute atomic E-state index is 0.830. The molecule has 0 aromatic rings. The van der Waals surface area contributed by atoms with Crippen LogP contribution in [0.1, 0.15) is 644 Å². The SMILES string of the molecule is CC(C)=CCC/C(C)=C/CCC(C)C.CC(C)=CCCC(C)C.CCC/C=C(\C)CC/C=C(\C)CCC=C(C)C.CCC/C=C(\C)CCC=C(C)C.CCC=C(C)C.CCCCCCCCCC.CCCCCCCCCCCCCC.CCCCCCCCCCCCCCCCC.CCCCCCCCCCCCCCCCCCC. The molecule has 0 aromatic heterocycles. The molecule has 0 fully saturated rings. The van der Waals surface area contributed by atoms with E-state index in [1.165, 1.54) is 482 Å². The standard InChI is InChI=1S/C19H40.C17H30.C17H36.C14H26.C14H30.C12H22.C10H22.C9H18.C6H12/c1-3-5-7-9-11-13-15-17-19-18-16-14-12-10-8-6-4-2;1-6-7-11-16(4)13-9-14-17(5)12-8-10-15(2)3;1-3-5-7-9-11-13-15-17-16-14-12-10-8-6-4-2;1-12(2)8-6-10-14(5)11-7-9-13(3)4;1-3-5-7-9-11-13-14-12-10-8-6-4-2;1-5-6-9-12(4)10-7-8-11(2)3;1-3-5-7-9-10-8-6-4-2;1-8(2)6-5-7-9(3)4;1-4-5-6(2)3/h3-19H2,1-2H3;10-11,14H,6-9,12-13H2,1-5H3;3-17H2,1-2H3;8,11,13H,6-7,9-10H2,1-5H3;3-14H2,1-2H3;8-9H,5-7,10H2,1-4H3;3-10H2,1-2H3;6,9H,5,7H2,1-4H3;5H,4H2,1-3H3/b;16-11+,17-14+;;14-11+;;12-9+;;;. The van der Waals surface area contributed by atoms with Gasteiger partial charge in [-0.1, -0.05) is 555 Å². The lowest BCUT2D eigenvalue weighted by Crippen LogP contribution is -1.85. The summed E-state index contributed by atoms with van der Waals surface area (Å²) in [5.41, 5.74) is 13.3. The van der Waals surface area contributed by atoms with E-state index in [9.17, 15) is 0 Å². The molecule has 0 aromatic carbocycles. The smallest absolute Gasteiger partial charge is 0.0288 e. The molecule has 0 aliphatic heterocycles. The van der Waals surface area contributed by atoms with Gasteiger partial charge in [-0.3, -0.25) is 0 Å². The first-order chi connectivity index (χ1) is 56.8. The van der Waals surface area contributed by atoms with Crippen LogP contribution in [-0.2, 0) is 0 Å². The van der Waals surface area contributed by atoms with E-state index in [1.807, 2.05) is 0 Å². The Labute approximate surface area is 755 Å². The second-order valence-corrected chi connectivity index (χ2v) is 38.2. The van der Waals surface area contributed by atoms with Gasteiger partial charge in [0.25, 0.3) is 0 Å². The highest BCUT2D eigenvalue weighted by atomic mass is 14.1. The molecule has 0 nitrogen and oxygen atoms in total. The van der Waals surface area contributed by atoms with E-state index in [0.29, 0.717) is 0 Å². The second kappa shape index (κ2) is 125. The Balaban J connectivity index is -0.000000164. The average molecular weight is 1660 g/mol. The summed E-state index contributed by atoms with van der Waals surface area (Å²) >= 11 is 0. The summed E-state index contributed by atoms with van der Waals surface area (Å²) in [6, 6.07) is 0. The molecule has 0 unspecified atom stereocenters. The van der Waals surface area contributed by atoms with Crippen molar-refractivity contribution in [3.63, 3.8) is 0 Å². The van der Waals surface area contributed by atoms with Crippen molar-refractivity contribution >= 4 is 0 Å². The Bertz CT molecular complexity index is 1990. The molecule has 0 atom stereocenters. The van der Waals surface area contributed by atoms with Crippen molar-refractivity contribution in [3.05, 3.63) is 105 Å². The van der Waals surface area contributed by atoms with Crippen LogP contribution < -0.4 is 0 Å². The third-order valence-electron chi connectivity index (χ3n) is 21.8. The zero-order chi connectivity index (χ0) is 90.5. The van der Waals surface area contributed by atoms with E-state index < -0.39 is 0 Å². The molecule has 118 heavy (non-hydrogen) atoms. The molecule has 708 valence electrons. The largest absolute Gasteiger partial charge is 0.0862 e. The van der Waals surface area contributed by atoms with Crippen LogP contribution in [0.15, 0.2) is 105 Å². The van der Waals surface area contributed by atoms with E-state index in [2.05, 4.69) is 255 Å². The van der Waals surface area contributed by atoms with Gasteiger partial charge in [-0.05, 0) is 205 Å². The fourth-order valence-electron chi connectivity index (χ4n) is 13.6. The first-order valence-corrected chi connectivity index (χ1v) is 53.6. The van der Waals surface area contributed by atoms with Gasteiger partial charge in [-0.25, -0.2) is 0 Å². The van der Waals surface area contributed by atoms with E-state index in [4.69, 9.17) is 0 Å². The van der Waals surface area contributed by atoms with Gasteiger partial charge in [0.15, 0.2) is 0 Å². The highest BCUT2D eigenvalue weighted by Crippen LogP contribution is 2.20. The second-order valence-electron chi connectivity index (χ2n) is 38.2. The van der Waals surface area contributed by atoms with Gasteiger partial charge in [-0.2, -0.15) is 0 Å². The van der Waals surface area contributed by atoms with Crippen molar-refractivity contribution < 1.29 is 0 Å². The summed E-state index contributed by atoms with van der Waals surface area (Å²) in [6.45, 7) is 64.5. The predicted molar refractivity (Wildman–Crippen MR) is 563 cm³/mol.